The number of aromatic nitrogens is 1. The van der Waals surface area contributed by atoms with Crippen LogP contribution in [0.15, 0.2) is 42.7 Å². The van der Waals surface area contributed by atoms with E-state index in [2.05, 4.69) is 15.6 Å². The van der Waals surface area contributed by atoms with Gasteiger partial charge >= 0.3 is 5.97 Å². The van der Waals surface area contributed by atoms with Crippen molar-refractivity contribution in [2.45, 2.75) is 12.5 Å². The Kier molecular flexibility index (Phi) is 7.96. The van der Waals surface area contributed by atoms with Gasteiger partial charge in [-0.25, -0.2) is 0 Å². The highest BCUT2D eigenvalue weighted by molar-refractivity contribution is 5.96. The van der Waals surface area contributed by atoms with Gasteiger partial charge in [0.05, 0.1) is 40.3 Å². The minimum atomic E-state index is -0.674. The Morgan fingerprint density at radius 2 is 1.69 bits per heavy atom. The second-order valence-corrected chi connectivity index (χ2v) is 5.93. The van der Waals surface area contributed by atoms with Crippen molar-refractivity contribution in [3.05, 3.63) is 53.9 Å². The lowest BCUT2D eigenvalue weighted by molar-refractivity contribution is -0.141. The molecule has 1 aromatic carbocycles. The van der Waals surface area contributed by atoms with Crippen molar-refractivity contribution in [2.24, 2.45) is 0 Å². The first-order valence-corrected chi connectivity index (χ1v) is 8.74. The van der Waals surface area contributed by atoms with Crippen LogP contribution >= 0.6 is 0 Å². The number of esters is 1. The maximum Gasteiger partial charge on any atom is 0.307 e. The molecule has 9 heteroatoms. The van der Waals surface area contributed by atoms with Crippen LogP contribution in [0.4, 0.5) is 0 Å². The molecule has 2 amide bonds. The van der Waals surface area contributed by atoms with E-state index in [1.54, 1.807) is 18.2 Å². The SMILES string of the molecule is COC(=O)C[C@H](NC(=O)CNC(=O)c1ccncc1)c1ccc(OC)c(OC)c1. The van der Waals surface area contributed by atoms with E-state index >= 15 is 0 Å². The average molecular weight is 401 g/mol. The number of carbonyl (C=O) groups is 3. The predicted molar refractivity (Wildman–Crippen MR) is 104 cm³/mol. The summed E-state index contributed by atoms with van der Waals surface area (Å²) in [4.78, 5) is 40.1. The van der Waals surface area contributed by atoms with Gasteiger partial charge in [-0.2, -0.15) is 0 Å². The normalized spacial score (nSPS) is 11.1. The molecule has 2 aromatic rings. The number of nitrogens with one attached hydrogen (secondary N) is 2. The van der Waals surface area contributed by atoms with Gasteiger partial charge in [0, 0.05) is 18.0 Å². The second-order valence-electron chi connectivity index (χ2n) is 5.93. The molecule has 1 atom stereocenters. The van der Waals surface area contributed by atoms with Gasteiger partial charge in [-0.1, -0.05) is 6.07 Å². The summed E-state index contributed by atoms with van der Waals surface area (Å²) in [5.74, 6) is -0.385. The Morgan fingerprint density at radius 3 is 2.31 bits per heavy atom. The van der Waals surface area contributed by atoms with Gasteiger partial charge in [-0.05, 0) is 29.8 Å². The van der Waals surface area contributed by atoms with Gasteiger partial charge in [0.1, 0.15) is 0 Å². The highest BCUT2D eigenvalue weighted by atomic mass is 16.5. The zero-order chi connectivity index (χ0) is 21.2. The molecule has 0 fully saturated rings. The summed E-state index contributed by atoms with van der Waals surface area (Å²) in [7, 11) is 4.27. The van der Waals surface area contributed by atoms with Crippen LogP contribution in [0.1, 0.15) is 28.4 Å². The molecule has 1 heterocycles. The average Bonchev–Trinajstić information content (AvgIpc) is 2.76. The molecule has 0 aliphatic rings. The van der Waals surface area contributed by atoms with E-state index in [9.17, 15) is 14.4 Å². The van der Waals surface area contributed by atoms with Crippen LogP contribution in [0.5, 0.6) is 11.5 Å². The summed E-state index contributed by atoms with van der Waals surface area (Å²) >= 11 is 0. The van der Waals surface area contributed by atoms with E-state index in [-0.39, 0.29) is 13.0 Å². The van der Waals surface area contributed by atoms with Crippen molar-refractivity contribution in [1.82, 2.24) is 15.6 Å². The molecule has 0 aliphatic carbocycles. The summed E-state index contributed by atoms with van der Waals surface area (Å²) in [5.41, 5.74) is 1.01. The fourth-order valence-electron chi connectivity index (χ4n) is 2.58. The lowest BCUT2D eigenvalue weighted by Crippen LogP contribution is -2.39. The first-order chi connectivity index (χ1) is 14.0. The molecule has 2 N–H and O–H groups in total. The van der Waals surface area contributed by atoms with E-state index in [4.69, 9.17) is 14.2 Å². The van der Waals surface area contributed by atoms with E-state index in [1.165, 1.54) is 45.9 Å². The minimum Gasteiger partial charge on any atom is -0.493 e. The highest BCUT2D eigenvalue weighted by Gasteiger charge is 2.21. The maximum atomic E-state index is 12.4. The first-order valence-electron chi connectivity index (χ1n) is 8.74. The quantitative estimate of drug-likeness (QED) is 0.608. The molecule has 0 saturated carbocycles. The monoisotopic (exact) mass is 401 g/mol. The second kappa shape index (κ2) is 10.6. The zero-order valence-corrected chi connectivity index (χ0v) is 16.4. The standard InChI is InChI=1S/C20H23N3O6/c1-27-16-5-4-14(10-17(16)28-2)15(11-19(25)29-3)23-18(24)12-22-20(26)13-6-8-21-9-7-13/h4-10,15H,11-12H2,1-3H3,(H,22,26)(H,23,24)/t15-/m0/s1. The number of nitrogens with zero attached hydrogens (tertiary/aromatic N) is 1. The molecule has 2 rings (SSSR count). The third kappa shape index (κ3) is 6.20. The lowest BCUT2D eigenvalue weighted by Gasteiger charge is -2.20. The summed E-state index contributed by atoms with van der Waals surface area (Å²) in [6, 6.07) is 7.46. The molecule has 1 aromatic heterocycles. The van der Waals surface area contributed by atoms with Gasteiger partial charge in [0.25, 0.3) is 5.91 Å². The first kappa shape index (κ1) is 21.7. The Balaban J connectivity index is 2.09. The summed E-state index contributed by atoms with van der Waals surface area (Å²) < 4.78 is 15.2. The predicted octanol–water partition coefficient (Wildman–Crippen LogP) is 1.25. The third-order valence-electron chi connectivity index (χ3n) is 4.10. The smallest absolute Gasteiger partial charge is 0.307 e. The Hall–Kier alpha value is -3.62. The molecular formula is C20H23N3O6. The van der Waals surface area contributed by atoms with Crippen molar-refractivity contribution < 1.29 is 28.6 Å². The maximum absolute atomic E-state index is 12.4. The fraction of sp³-hybridized carbons (Fsp3) is 0.300. The lowest BCUT2D eigenvalue weighted by atomic mass is 10.0. The number of carbonyl (C=O) groups excluding carboxylic acids is 3. The number of hydrogen-bond acceptors (Lipinski definition) is 7. The number of benzene rings is 1. The third-order valence-corrected chi connectivity index (χ3v) is 4.10. The van der Waals surface area contributed by atoms with Crippen molar-refractivity contribution >= 4 is 17.8 Å². The molecule has 29 heavy (non-hydrogen) atoms. The summed E-state index contributed by atoms with van der Waals surface area (Å²) in [5, 5.41) is 5.25. The van der Waals surface area contributed by atoms with Gasteiger partial charge in [-0.3, -0.25) is 19.4 Å². The number of rotatable bonds is 9. The molecule has 9 nitrogen and oxygen atoms in total. The van der Waals surface area contributed by atoms with Crippen LogP contribution in [0, 0.1) is 0 Å². The van der Waals surface area contributed by atoms with Gasteiger partial charge in [-0.15, -0.1) is 0 Å². The van der Waals surface area contributed by atoms with Crippen LogP contribution in [0.3, 0.4) is 0 Å². The molecule has 0 bridgehead atoms. The number of ether oxygens (including phenoxy) is 3. The Morgan fingerprint density at radius 1 is 1.00 bits per heavy atom. The zero-order valence-electron chi connectivity index (χ0n) is 16.4. The number of methoxy groups -OCH3 is 3. The van der Waals surface area contributed by atoms with Crippen LogP contribution in [-0.2, 0) is 14.3 Å². The largest absolute Gasteiger partial charge is 0.493 e. The van der Waals surface area contributed by atoms with Gasteiger partial charge in [0.15, 0.2) is 11.5 Å². The van der Waals surface area contributed by atoms with E-state index in [1.807, 2.05) is 0 Å². The van der Waals surface area contributed by atoms with Crippen LogP contribution in [0.25, 0.3) is 0 Å². The molecule has 0 radical (unpaired) electrons. The van der Waals surface area contributed by atoms with Crippen LogP contribution in [0.2, 0.25) is 0 Å². The van der Waals surface area contributed by atoms with E-state index in [0.29, 0.717) is 22.6 Å². The highest BCUT2D eigenvalue weighted by Crippen LogP contribution is 2.31. The van der Waals surface area contributed by atoms with Crippen molar-refractivity contribution in [1.29, 1.82) is 0 Å². The number of pyridine rings is 1. The molecule has 154 valence electrons. The van der Waals surface area contributed by atoms with Crippen LogP contribution in [-0.4, -0.2) is 50.6 Å². The fourth-order valence-corrected chi connectivity index (χ4v) is 2.58. The van der Waals surface area contributed by atoms with Crippen molar-refractivity contribution in [3.8, 4) is 11.5 Å². The van der Waals surface area contributed by atoms with E-state index in [0.717, 1.165) is 0 Å². The molecule has 0 unspecified atom stereocenters. The van der Waals surface area contributed by atoms with E-state index < -0.39 is 23.8 Å². The summed E-state index contributed by atoms with van der Waals surface area (Å²) in [6.07, 6.45) is 2.88. The van der Waals surface area contributed by atoms with Crippen molar-refractivity contribution in [2.75, 3.05) is 27.9 Å². The summed E-state index contributed by atoms with van der Waals surface area (Å²) in [6.45, 7) is -0.258. The van der Waals surface area contributed by atoms with Crippen LogP contribution < -0.4 is 20.1 Å². The number of hydrogen-bond donors (Lipinski definition) is 2. The molecular weight excluding hydrogens is 378 g/mol. The Bertz CT molecular complexity index is 857. The molecule has 0 saturated heterocycles. The molecule has 0 spiro atoms. The Labute approximate surface area is 168 Å². The minimum absolute atomic E-state index is 0.0873. The van der Waals surface area contributed by atoms with Gasteiger partial charge < -0.3 is 24.8 Å². The van der Waals surface area contributed by atoms with Gasteiger partial charge in [0.2, 0.25) is 5.91 Å². The van der Waals surface area contributed by atoms with Crippen molar-refractivity contribution in [3.63, 3.8) is 0 Å². The number of amides is 2. The topological polar surface area (TPSA) is 116 Å². The molecule has 0 aliphatic heterocycles.